The number of rotatable bonds is 4. The van der Waals surface area contributed by atoms with Gasteiger partial charge in [0.2, 0.25) is 10.0 Å². The van der Waals surface area contributed by atoms with Crippen LogP contribution in [-0.4, -0.2) is 66.8 Å². The minimum absolute atomic E-state index is 0.185. The molecule has 1 aromatic rings. The van der Waals surface area contributed by atoms with Crippen molar-refractivity contribution in [2.45, 2.75) is 36.5 Å². The maximum Gasteiger partial charge on any atom is 0.408 e. The van der Waals surface area contributed by atoms with Crippen molar-refractivity contribution in [2.24, 2.45) is 0 Å². The zero-order chi connectivity index (χ0) is 16.5. The lowest BCUT2D eigenvalue weighted by molar-refractivity contribution is -0.142. The first-order valence-corrected chi connectivity index (χ1v) is 8.29. The molecule has 126 valence electrons. The van der Waals surface area contributed by atoms with Gasteiger partial charge >= 0.3 is 6.18 Å². The molecule has 0 N–H and O–H groups in total. The van der Waals surface area contributed by atoms with E-state index in [1.54, 1.807) is 0 Å². The molecule has 1 aliphatic heterocycles. The number of halogens is 3. The molecule has 1 fully saturated rings. The third-order valence-electron chi connectivity index (χ3n) is 3.74. The molecule has 22 heavy (non-hydrogen) atoms. The molecule has 6 nitrogen and oxygen atoms in total. The van der Waals surface area contributed by atoms with Gasteiger partial charge < -0.3 is 4.90 Å². The highest BCUT2D eigenvalue weighted by atomic mass is 32.2. The number of hydrogen-bond donors (Lipinski definition) is 0. The lowest BCUT2D eigenvalue weighted by atomic mass is 10.1. The molecular weight excluding hydrogens is 321 g/mol. The molecule has 0 bridgehead atoms. The average Bonchev–Trinajstić information content (AvgIpc) is 2.84. The van der Waals surface area contributed by atoms with Gasteiger partial charge in [0.05, 0.1) is 6.20 Å². The van der Waals surface area contributed by atoms with E-state index in [2.05, 4.69) is 5.10 Å². The summed E-state index contributed by atoms with van der Waals surface area (Å²) in [6.07, 6.45) is -0.938. The largest absolute Gasteiger partial charge is 0.408 e. The van der Waals surface area contributed by atoms with Gasteiger partial charge in [-0.2, -0.15) is 22.6 Å². The number of piperidine rings is 1. The Kier molecular flexibility index (Phi) is 4.83. The first-order chi connectivity index (χ1) is 10.1. The molecule has 0 aromatic carbocycles. The van der Waals surface area contributed by atoms with Crippen molar-refractivity contribution in [3.05, 3.63) is 12.4 Å². The van der Waals surface area contributed by atoms with Crippen LogP contribution in [0.15, 0.2) is 17.3 Å². The van der Waals surface area contributed by atoms with Crippen molar-refractivity contribution in [1.82, 2.24) is 19.0 Å². The van der Waals surface area contributed by atoms with E-state index < -0.39 is 22.7 Å². The fourth-order valence-electron chi connectivity index (χ4n) is 2.55. The van der Waals surface area contributed by atoms with Gasteiger partial charge in [0.15, 0.2) is 0 Å². The SMILES string of the molecule is CN1CCCC(N(C)S(=O)(=O)c2cnn(CC(F)(F)F)c2)C1. The Bertz CT molecular complexity index is 614. The summed E-state index contributed by atoms with van der Waals surface area (Å²) in [6.45, 7) is 0.207. The molecule has 0 amide bonds. The predicted octanol–water partition coefficient (Wildman–Crippen LogP) is 1.16. The number of alkyl halides is 3. The molecule has 2 heterocycles. The molecule has 1 unspecified atom stereocenters. The second-order valence-electron chi connectivity index (χ2n) is 5.57. The van der Waals surface area contributed by atoms with Crippen molar-refractivity contribution in [2.75, 3.05) is 27.2 Å². The van der Waals surface area contributed by atoms with Gasteiger partial charge in [-0.25, -0.2) is 8.42 Å². The number of hydrogen-bond acceptors (Lipinski definition) is 4. The van der Waals surface area contributed by atoms with Crippen LogP contribution in [0.2, 0.25) is 0 Å². The molecular formula is C12H19F3N4O2S. The van der Waals surface area contributed by atoms with Gasteiger partial charge in [0, 0.05) is 25.8 Å². The van der Waals surface area contributed by atoms with E-state index in [-0.39, 0.29) is 10.9 Å². The van der Waals surface area contributed by atoms with E-state index in [1.807, 2.05) is 11.9 Å². The van der Waals surface area contributed by atoms with Crippen LogP contribution >= 0.6 is 0 Å². The van der Waals surface area contributed by atoms with E-state index in [4.69, 9.17) is 0 Å². The van der Waals surface area contributed by atoms with E-state index in [1.165, 1.54) is 11.4 Å². The van der Waals surface area contributed by atoms with Crippen LogP contribution in [0.25, 0.3) is 0 Å². The fourth-order valence-corrected chi connectivity index (χ4v) is 3.88. The van der Waals surface area contributed by atoms with Crippen LogP contribution in [0.4, 0.5) is 13.2 Å². The van der Waals surface area contributed by atoms with Gasteiger partial charge in [0.25, 0.3) is 0 Å². The molecule has 1 aromatic heterocycles. The van der Waals surface area contributed by atoms with Gasteiger partial charge in [-0.15, -0.1) is 0 Å². The van der Waals surface area contributed by atoms with E-state index in [0.29, 0.717) is 11.2 Å². The van der Waals surface area contributed by atoms with Crippen LogP contribution in [0, 0.1) is 0 Å². The Morgan fingerprint density at radius 2 is 2.14 bits per heavy atom. The van der Waals surface area contributed by atoms with Crippen LogP contribution in [0.1, 0.15) is 12.8 Å². The smallest absolute Gasteiger partial charge is 0.305 e. The molecule has 1 saturated heterocycles. The van der Waals surface area contributed by atoms with E-state index in [0.717, 1.165) is 31.8 Å². The summed E-state index contributed by atoms with van der Waals surface area (Å²) >= 11 is 0. The van der Waals surface area contributed by atoms with Crippen LogP contribution in [0.3, 0.4) is 0 Å². The third kappa shape index (κ3) is 3.99. The Hall–Kier alpha value is -1.13. The Morgan fingerprint density at radius 3 is 2.73 bits per heavy atom. The molecule has 1 atom stereocenters. The second kappa shape index (κ2) is 6.17. The standard InChI is InChI=1S/C12H19F3N4O2S/c1-17-5-3-4-10(7-17)18(2)22(20,21)11-6-16-19(8-11)9-12(13,14)15/h6,8,10H,3-5,7,9H2,1-2H3. The third-order valence-corrected chi connectivity index (χ3v) is 5.60. The molecule has 10 heteroatoms. The number of likely N-dealkylation sites (tertiary alicyclic amines) is 1. The predicted molar refractivity (Wildman–Crippen MR) is 73.7 cm³/mol. The summed E-state index contributed by atoms with van der Waals surface area (Å²) in [5, 5.41) is 3.49. The van der Waals surface area contributed by atoms with E-state index in [9.17, 15) is 21.6 Å². The van der Waals surface area contributed by atoms with Crippen molar-refractivity contribution < 1.29 is 21.6 Å². The first-order valence-electron chi connectivity index (χ1n) is 6.85. The Labute approximate surface area is 127 Å². The molecule has 0 radical (unpaired) electrons. The topological polar surface area (TPSA) is 58.4 Å². The van der Waals surface area contributed by atoms with Crippen LogP contribution in [0.5, 0.6) is 0 Å². The summed E-state index contributed by atoms with van der Waals surface area (Å²) in [7, 11) is -0.472. The first kappa shape index (κ1) is 17.2. The highest BCUT2D eigenvalue weighted by molar-refractivity contribution is 7.89. The quantitative estimate of drug-likeness (QED) is 0.825. The lowest BCUT2D eigenvalue weighted by Crippen LogP contribution is -2.47. The van der Waals surface area contributed by atoms with Gasteiger partial charge in [-0.05, 0) is 26.4 Å². The zero-order valence-electron chi connectivity index (χ0n) is 12.4. The number of sulfonamides is 1. The summed E-state index contributed by atoms with van der Waals surface area (Å²) in [6, 6.07) is -0.185. The lowest BCUT2D eigenvalue weighted by Gasteiger charge is -2.34. The monoisotopic (exact) mass is 340 g/mol. The molecule has 0 aliphatic carbocycles. The zero-order valence-corrected chi connectivity index (χ0v) is 13.2. The second-order valence-corrected chi connectivity index (χ2v) is 7.57. The maximum atomic E-state index is 12.5. The normalized spacial score (nSPS) is 21.5. The highest BCUT2D eigenvalue weighted by Crippen LogP contribution is 2.22. The van der Waals surface area contributed by atoms with E-state index >= 15 is 0 Å². The number of nitrogens with zero attached hydrogens (tertiary/aromatic N) is 4. The fraction of sp³-hybridized carbons (Fsp3) is 0.750. The minimum Gasteiger partial charge on any atom is -0.305 e. The summed E-state index contributed by atoms with van der Waals surface area (Å²) in [5.74, 6) is 0. The molecule has 1 aliphatic rings. The minimum atomic E-state index is -4.44. The highest BCUT2D eigenvalue weighted by Gasteiger charge is 2.33. The Morgan fingerprint density at radius 1 is 1.45 bits per heavy atom. The average molecular weight is 340 g/mol. The van der Waals surface area contributed by atoms with Crippen LogP contribution < -0.4 is 0 Å². The van der Waals surface area contributed by atoms with Crippen molar-refractivity contribution in [3.63, 3.8) is 0 Å². The van der Waals surface area contributed by atoms with Crippen LogP contribution in [-0.2, 0) is 16.6 Å². The number of likely N-dealkylation sites (N-methyl/N-ethyl adjacent to an activating group) is 2. The van der Waals surface area contributed by atoms with Crippen molar-refractivity contribution in [1.29, 1.82) is 0 Å². The molecule has 0 spiro atoms. The molecule has 0 saturated carbocycles. The maximum absolute atomic E-state index is 12.5. The number of aromatic nitrogens is 2. The van der Waals surface area contributed by atoms with Crippen molar-refractivity contribution >= 4 is 10.0 Å². The van der Waals surface area contributed by atoms with Gasteiger partial charge in [-0.1, -0.05) is 0 Å². The van der Waals surface area contributed by atoms with Crippen molar-refractivity contribution in [3.8, 4) is 0 Å². The summed E-state index contributed by atoms with van der Waals surface area (Å²) in [5.41, 5.74) is 0. The Balaban J connectivity index is 2.15. The summed E-state index contributed by atoms with van der Waals surface area (Å²) in [4.78, 5) is 1.82. The summed E-state index contributed by atoms with van der Waals surface area (Å²) < 4.78 is 63.7. The molecule has 2 rings (SSSR count). The van der Waals surface area contributed by atoms with Gasteiger partial charge in [0.1, 0.15) is 11.4 Å². The van der Waals surface area contributed by atoms with Gasteiger partial charge in [-0.3, -0.25) is 4.68 Å².